The average Bonchev–Trinajstić information content (AvgIpc) is 3.46. The lowest BCUT2D eigenvalue weighted by Crippen LogP contribution is -2.43. The summed E-state index contributed by atoms with van der Waals surface area (Å²) in [5.41, 5.74) is 5.68. The van der Waals surface area contributed by atoms with Gasteiger partial charge in [0.1, 0.15) is 5.60 Å². The third kappa shape index (κ3) is 2.84. The number of fused-ring (bicyclic) bond motifs is 6. The van der Waals surface area contributed by atoms with Crippen molar-refractivity contribution in [3.05, 3.63) is 49.8 Å². The van der Waals surface area contributed by atoms with Gasteiger partial charge in [-0.05, 0) is 50.7 Å². The summed E-state index contributed by atoms with van der Waals surface area (Å²) in [4.78, 5) is 31.5. The summed E-state index contributed by atoms with van der Waals surface area (Å²) in [5, 5.41) is 12.4. The number of pyridine rings is 2. The third-order valence-corrected chi connectivity index (χ3v) is 8.03. The number of aromatic nitrogens is 2. The number of ketones is 1. The van der Waals surface area contributed by atoms with Gasteiger partial charge in [0, 0.05) is 39.6 Å². The number of carbonyl (C=O) groups excluding carboxylic acids is 1. The summed E-state index contributed by atoms with van der Waals surface area (Å²) < 4.78 is 13.4. The molecular formula is C28H30N2O5. The van der Waals surface area contributed by atoms with Crippen LogP contribution < -0.4 is 15.0 Å². The summed E-state index contributed by atoms with van der Waals surface area (Å²) in [5.74, 6) is 1.67. The van der Waals surface area contributed by atoms with Crippen LogP contribution in [0, 0.1) is 19.8 Å². The van der Waals surface area contributed by atoms with Crippen molar-refractivity contribution in [2.75, 3.05) is 6.79 Å². The molecule has 0 saturated heterocycles. The monoisotopic (exact) mass is 474 g/mol. The fraction of sp³-hybridized carbons (Fsp3) is 0.464. The van der Waals surface area contributed by atoms with Gasteiger partial charge in [-0.3, -0.25) is 9.59 Å². The van der Waals surface area contributed by atoms with Gasteiger partial charge in [-0.1, -0.05) is 20.8 Å². The molecule has 1 atom stereocenters. The van der Waals surface area contributed by atoms with Crippen LogP contribution in [0.15, 0.2) is 10.9 Å². The Hall–Kier alpha value is -3.19. The number of hydrogen-bond acceptors (Lipinski definition) is 6. The van der Waals surface area contributed by atoms with Crippen molar-refractivity contribution in [1.29, 1.82) is 0 Å². The highest BCUT2D eigenvalue weighted by Gasteiger charge is 2.43. The molecule has 4 heterocycles. The largest absolute Gasteiger partial charge is 0.453 e. The Labute approximate surface area is 203 Å². The van der Waals surface area contributed by atoms with E-state index in [1.54, 1.807) is 11.5 Å². The molecule has 2 aromatic heterocycles. The van der Waals surface area contributed by atoms with Crippen molar-refractivity contribution in [2.45, 2.75) is 72.4 Å². The number of rotatable bonds is 3. The molecule has 0 fully saturated rings. The lowest BCUT2D eigenvalue weighted by Gasteiger charge is -2.32. The van der Waals surface area contributed by atoms with Crippen molar-refractivity contribution in [3.8, 4) is 22.9 Å². The molecule has 7 heteroatoms. The molecule has 0 radical (unpaired) electrons. The molecule has 35 heavy (non-hydrogen) atoms. The molecule has 6 rings (SSSR count). The minimum Gasteiger partial charge on any atom is -0.453 e. The molecule has 0 saturated carbocycles. The molecule has 2 aliphatic heterocycles. The third-order valence-electron chi connectivity index (χ3n) is 8.03. The van der Waals surface area contributed by atoms with Gasteiger partial charge < -0.3 is 19.1 Å². The summed E-state index contributed by atoms with van der Waals surface area (Å²) in [6.45, 7) is 10.8. The second kappa shape index (κ2) is 7.40. The van der Waals surface area contributed by atoms with E-state index in [0.717, 1.165) is 51.2 Å². The maximum Gasteiger partial charge on any atom is 0.254 e. The van der Waals surface area contributed by atoms with Gasteiger partial charge in [-0.2, -0.15) is 0 Å². The average molecular weight is 475 g/mol. The topological polar surface area (TPSA) is 90.7 Å². The predicted octanol–water partition coefficient (Wildman–Crippen LogP) is 4.08. The summed E-state index contributed by atoms with van der Waals surface area (Å²) in [7, 11) is 0. The van der Waals surface area contributed by atoms with E-state index in [1.165, 1.54) is 5.56 Å². The maximum absolute atomic E-state index is 13.7. The number of carbonyl (C=O) groups is 1. The molecule has 1 aromatic carbocycles. The number of aryl methyl sites for hydroxylation is 2. The first-order chi connectivity index (χ1) is 16.7. The highest BCUT2D eigenvalue weighted by atomic mass is 16.7. The molecule has 0 amide bonds. The smallest absolute Gasteiger partial charge is 0.254 e. The quantitative estimate of drug-likeness (QED) is 0.481. The Morgan fingerprint density at radius 1 is 1.11 bits per heavy atom. The first kappa shape index (κ1) is 22.3. The number of Topliss-reactive ketones (excluding diaryl/α,β-unsaturated/α-hetero) is 1. The maximum atomic E-state index is 13.7. The number of ether oxygens (including phenoxy) is 2. The number of nitrogens with zero attached hydrogens (tertiary/aromatic N) is 2. The Bertz CT molecular complexity index is 1520. The van der Waals surface area contributed by atoms with Gasteiger partial charge in [0.05, 0.1) is 23.4 Å². The number of benzene rings is 1. The molecular weight excluding hydrogens is 444 g/mol. The zero-order valence-electron chi connectivity index (χ0n) is 20.9. The molecule has 0 unspecified atom stereocenters. The van der Waals surface area contributed by atoms with E-state index in [9.17, 15) is 14.7 Å². The summed E-state index contributed by atoms with van der Waals surface area (Å²) in [6, 6.07) is 1.84. The Kier molecular flexibility index (Phi) is 4.71. The Balaban J connectivity index is 1.70. The first-order valence-electron chi connectivity index (χ1n) is 12.4. The van der Waals surface area contributed by atoms with Gasteiger partial charge in [0.2, 0.25) is 6.79 Å². The van der Waals surface area contributed by atoms with Crippen LogP contribution in [-0.2, 0) is 29.8 Å². The van der Waals surface area contributed by atoms with E-state index in [1.807, 2.05) is 19.9 Å². The van der Waals surface area contributed by atoms with Gasteiger partial charge in [0.15, 0.2) is 17.3 Å². The van der Waals surface area contributed by atoms with Gasteiger partial charge in [0.25, 0.3) is 5.56 Å². The lowest BCUT2D eigenvalue weighted by atomic mass is 9.77. The van der Waals surface area contributed by atoms with Crippen LogP contribution in [-0.4, -0.2) is 27.2 Å². The van der Waals surface area contributed by atoms with Crippen molar-refractivity contribution >= 4 is 16.7 Å². The molecule has 0 spiro atoms. The molecule has 182 valence electrons. The molecule has 1 N–H and O–H groups in total. The SMILES string of the molecule is CC[C@@]1(O)C(=O)CCc2c1cc1n(c2=O)Cc2c-1nc1c(C)c3c(c(C)c1c2CC(C)C)OCO3. The van der Waals surface area contributed by atoms with Crippen molar-refractivity contribution < 1.29 is 19.4 Å². The van der Waals surface area contributed by atoms with Crippen LogP contribution in [0.5, 0.6) is 11.5 Å². The van der Waals surface area contributed by atoms with E-state index < -0.39 is 5.60 Å². The number of hydrogen-bond donors (Lipinski definition) is 1. The summed E-state index contributed by atoms with van der Waals surface area (Å²) in [6.07, 6.45) is 1.62. The van der Waals surface area contributed by atoms with E-state index in [4.69, 9.17) is 14.5 Å². The molecule has 3 aliphatic rings. The van der Waals surface area contributed by atoms with Crippen molar-refractivity contribution in [3.63, 3.8) is 0 Å². The van der Waals surface area contributed by atoms with Crippen molar-refractivity contribution in [1.82, 2.24) is 9.55 Å². The standard InChI is InChI=1S/C28H30N2O5/c1-6-28(33)19-10-20-24-18(11-30(20)27(32)16(19)7-8-21(28)31)17(9-13(2)3)22-14(4)25-26(35-12-34-25)15(5)23(22)29-24/h10,13,33H,6-9,11-12H2,1-5H3/t28-/m0/s1. The molecule has 7 nitrogen and oxygen atoms in total. The van der Waals surface area contributed by atoms with Crippen LogP contribution in [0.2, 0.25) is 0 Å². The van der Waals surface area contributed by atoms with E-state index in [2.05, 4.69) is 13.8 Å². The second-order valence-electron chi connectivity index (χ2n) is 10.5. The Morgan fingerprint density at radius 2 is 1.83 bits per heavy atom. The minimum absolute atomic E-state index is 0.128. The molecule has 3 aromatic rings. The fourth-order valence-electron chi connectivity index (χ4n) is 6.21. The molecule has 0 bridgehead atoms. The van der Waals surface area contributed by atoms with E-state index >= 15 is 0 Å². The van der Waals surface area contributed by atoms with Crippen LogP contribution in [0.4, 0.5) is 0 Å². The Morgan fingerprint density at radius 3 is 2.51 bits per heavy atom. The van der Waals surface area contributed by atoms with Crippen molar-refractivity contribution in [2.24, 2.45) is 5.92 Å². The van der Waals surface area contributed by atoms with Crippen LogP contribution in [0.25, 0.3) is 22.3 Å². The van der Waals surface area contributed by atoms with Gasteiger partial charge in [-0.25, -0.2) is 4.98 Å². The predicted molar refractivity (Wildman–Crippen MR) is 132 cm³/mol. The minimum atomic E-state index is -1.62. The first-order valence-corrected chi connectivity index (χ1v) is 12.4. The second-order valence-corrected chi connectivity index (χ2v) is 10.5. The van der Waals surface area contributed by atoms with E-state index in [0.29, 0.717) is 35.7 Å². The normalized spacial score (nSPS) is 19.9. The molecule has 1 aliphatic carbocycles. The zero-order valence-corrected chi connectivity index (χ0v) is 20.9. The summed E-state index contributed by atoms with van der Waals surface area (Å²) >= 11 is 0. The van der Waals surface area contributed by atoms with Gasteiger partial charge >= 0.3 is 0 Å². The van der Waals surface area contributed by atoms with Gasteiger partial charge in [-0.15, -0.1) is 0 Å². The van der Waals surface area contributed by atoms with Crippen LogP contribution >= 0.6 is 0 Å². The lowest BCUT2D eigenvalue weighted by molar-refractivity contribution is -0.140. The highest BCUT2D eigenvalue weighted by Crippen LogP contribution is 2.48. The zero-order chi connectivity index (χ0) is 24.8. The fourth-order valence-corrected chi connectivity index (χ4v) is 6.21. The highest BCUT2D eigenvalue weighted by molar-refractivity contribution is 5.97. The van der Waals surface area contributed by atoms with Crippen LogP contribution in [0.3, 0.4) is 0 Å². The van der Waals surface area contributed by atoms with Crippen LogP contribution in [0.1, 0.15) is 67.0 Å². The number of aliphatic hydroxyl groups is 1. The van der Waals surface area contributed by atoms with E-state index in [-0.39, 0.29) is 31.0 Å².